The molecule has 0 radical (unpaired) electrons. The lowest BCUT2D eigenvalue weighted by Gasteiger charge is -2.06. The van der Waals surface area contributed by atoms with Crippen molar-refractivity contribution in [3.05, 3.63) is 59.7 Å². The van der Waals surface area contributed by atoms with Crippen LogP contribution >= 0.6 is 0 Å². The predicted molar refractivity (Wildman–Crippen MR) is 85.6 cm³/mol. The number of hydrogen-bond donors (Lipinski definition) is 3. The molecule has 1 unspecified atom stereocenters. The molecular formula is C18H24O3. The first kappa shape index (κ1) is 17.1. The van der Waals surface area contributed by atoms with Crippen molar-refractivity contribution in [1.29, 1.82) is 0 Å². The minimum atomic E-state index is -0.407. The van der Waals surface area contributed by atoms with Crippen molar-refractivity contribution in [3.8, 4) is 11.5 Å². The van der Waals surface area contributed by atoms with E-state index < -0.39 is 6.10 Å². The number of hydrogen-bond acceptors (Lipinski definition) is 3. The van der Waals surface area contributed by atoms with Gasteiger partial charge in [0, 0.05) is 0 Å². The van der Waals surface area contributed by atoms with Gasteiger partial charge in [-0.25, -0.2) is 0 Å². The van der Waals surface area contributed by atoms with Crippen molar-refractivity contribution >= 4 is 0 Å². The molecule has 0 aliphatic rings. The number of aliphatic hydroxyl groups excluding tert-OH is 1. The van der Waals surface area contributed by atoms with Gasteiger partial charge in [-0.3, -0.25) is 0 Å². The maximum atomic E-state index is 9.34. The van der Waals surface area contributed by atoms with Crippen LogP contribution in [-0.4, -0.2) is 15.3 Å². The van der Waals surface area contributed by atoms with E-state index in [4.69, 9.17) is 10.2 Å². The van der Waals surface area contributed by atoms with E-state index in [2.05, 4.69) is 13.8 Å². The molecule has 0 bridgehead atoms. The highest BCUT2D eigenvalue weighted by Crippen LogP contribution is 2.18. The number of aromatic hydroxyl groups is 2. The van der Waals surface area contributed by atoms with Crippen molar-refractivity contribution in [2.45, 2.75) is 39.2 Å². The number of phenols is 2. The molecule has 3 heteroatoms. The predicted octanol–water partition coefficient (Wildman–Crippen LogP) is 4.35. The van der Waals surface area contributed by atoms with Gasteiger partial charge in [0.05, 0.1) is 6.10 Å². The molecule has 0 heterocycles. The second kappa shape index (κ2) is 8.32. The van der Waals surface area contributed by atoms with E-state index in [1.54, 1.807) is 36.4 Å². The maximum Gasteiger partial charge on any atom is 0.115 e. The molecule has 2 aromatic rings. The quantitative estimate of drug-likeness (QED) is 0.786. The first-order valence-corrected chi connectivity index (χ1v) is 7.20. The topological polar surface area (TPSA) is 60.7 Å². The van der Waals surface area contributed by atoms with Crippen LogP contribution in [0, 0.1) is 0 Å². The number of rotatable bonds is 3. The average molecular weight is 288 g/mol. The minimum Gasteiger partial charge on any atom is -0.508 e. The molecule has 2 aromatic carbocycles. The zero-order valence-electron chi connectivity index (χ0n) is 12.8. The molecule has 0 saturated heterocycles. The first-order valence-electron chi connectivity index (χ1n) is 7.20. The highest BCUT2D eigenvalue weighted by molar-refractivity contribution is 5.28. The lowest BCUT2D eigenvalue weighted by atomic mass is 10.0. The van der Waals surface area contributed by atoms with Crippen molar-refractivity contribution in [2.24, 2.45) is 0 Å². The summed E-state index contributed by atoms with van der Waals surface area (Å²) in [6, 6.07) is 13.9. The van der Waals surface area contributed by atoms with Crippen LogP contribution in [0.2, 0.25) is 0 Å². The standard InChI is InChI=1S/C9H12O2.C9H12O/c1-2-9(11)7-3-5-8(10)6-4-7;1-7(2)8-3-5-9(10)6-4-8/h3-6,9-11H,2H2,1H3;3-7,10H,1-2H3. The molecule has 1 atom stereocenters. The molecule has 0 saturated carbocycles. The third-order valence-corrected chi connectivity index (χ3v) is 3.22. The zero-order chi connectivity index (χ0) is 15.8. The summed E-state index contributed by atoms with van der Waals surface area (Å²) in [4.78, 5) is 0. The Hall–Kier alpha value is -2.00. The summed E-state index contributed by atoms with van der Waals surface area (Å²) in [5.74, 6) is 1.11. The van der Waals surface area contributed by atoms with Gasteiger partial charge >= 0.3 is 0 Å². The summed E-state index contributed by atoms with van der Waals surface area (Å²) in [6.45, 7) is 6.18. The van der Waals surface area contributed by atoms with E-state index >= 15 is 0 Å². The highest BCUT2D eigenvalue weighted by Gasteiger charge is 2.02. The molecule has 0 amide bonds. The van der Waals surface area contributed by atoms with E-state index in [-0.39, 0.29) is 5.75 Å². The van der Waals surface area contributed by atoms with Gasteiger partial charge in [0.15, 0.2) is 0 Å². The average Bonchev–Trinajstić information content (AvgIpc) is 2.48. The van der Waals surface area contributed by atoms with Crippen molar-refractivity contribution in [3.63, 3.8) is 0 Å². The van der Waals surface area contributed by atoms with Crippen LogP contribution in [0.25, 0.3) is 0 Å². The lowest BCUT2D eigenvalue weighted by molar-refractivity contribution is 0.173. The van der Waals surface area contributed by atoms with Crippen LogP contribution in [0.5, 0.6) is 11.5 Å². The molecule has 0 aliphatic carbocycles. The van der Waals surface area contributed by atoms with Gasteiger partial charge in [-0.1, -0.05) is 45.0 Å². The fourth-order valence-electron chi connectivity index (χ4n) is 1.79. The first-order chi connectivity index (χ1) is 9.93. The molecule has 0 aliphatic heterocycles. The van der Waals surface area contributed by atoms with Gasteiger partial charge in [0.2, 0.25) is 0 Å². The summed E-state index contributed by atoms with van der Waals surface area (Å²) in [5.41, 5.74) is 2.11. The molecule has 3 N–H and O–H groups in total. The number of phenolic OH excluding ortho intramolecular Hbond substituents is 2. The lowest BCUT2D eigenvalue weighted by Crippen LogP contribution is -1.93. The van der Waals surface area contributed by atoms with E-state index in [1.165, 1.54) is 5.56 Å². The Morgan fingerprint density at radius 2 is 1.14 bits per heavy atom. The van der Waals surface area contributed by atoms with Crippen LogP contribution in [0.15, 0.2) is 48.5 Å². The van der Waals surface area contributed by atoms with Gasteiger partial charge < -0.3 is 15.3 Å². The smallest absolute Gasteiger partial charge is 0.115 e. The summed E-state index contributed by atoms with van der Waals surface area (Å²) in [5, 5.41) is 27.2. The van der Waals surface area contributed by atoms with Gasteiger partial charge in [-0.2, -0.15) is 0 Å². The Balaban J connectivity index is 0.000000211. The van der Waals surface area contributed by atoms with Crippen molar-refractivity contribution in [1.82, 2.24) is 0 Å². The Kier molecular flexibility index (Phi) is 6.76. The normalized spacial score (nSPS) is 11.7. The molecule has 0 spiro atoms. The Morgan fingerprint density at radius 3 is 1.48 bits per heavy atom. The zero-order valence-corrected chi connectivity index (χ0v) is 12.8. The molecule has 2 rings (SSSR count). The van der Waals surface area contributed by atoms with Gasteiger partial charge in [0.25, 0.3) is 0 Å². The van der Waals surface area contributed by atoms with Gasteiger partial charge in [0.1, 0.15) is 11.5 Å². The van der Waals surface area contributed by atoms with Crippen LogP contribution in [0.1, 0.15) is 50.3 Å². The summed E-state index contributed by atoms with van der Waals surface area (Å²) < 4.78 is 0. The van der Waals surface area contributed by atoms with Crippen LogP contribution in [0.4, 0.5) is 0 Å². The highest BCUT2D eigenvalue weighted by atomic mass is 16.3. The molecule has 3 nitrogen and oxygen atoms in total. The number of aliphatic hydroxyl groups is 1. The number of benzene rings is 2. The molecular weight excluding hydrogens is 264 g/mol. The third kappa shape index (κ3) is 5.88. The van der Waals surface area contributed by atoms with Gasteiger partial charge in [-0.15, -0.1) is 0 Å². The third-order valence-electron chi connectivity index (χ3n) is 3.22. The van der Waals surface area contributed by atoms with Gasteiger partial charge in [-0.05, 0) is 47.7 Å². The van der Waals surface area contributed by atoms with Crippen LogP contribution < -0.4 is 0 Å². The second-order valence-electron chi connectivity index (χ2n) is 5.26. The summed E-state index contributed by atoms with van der Waals surface area (Å²) in [7, 11) is 0. The Labute approximate surface area is 126 Å². The fourth-order valence-corrected chi connectivity index (χ4v) is 1.79. The van der Waals surface area contributed by atoms with Crippen LogP contribution in [0.3, 0.4) is 0 Å². The van der Waals surface area contributed by atoms with E-state index in [1.807, 2.05) is 19.1 Å². The molecule has 114 valence electrons. The molecule has 21 heavy (non-hydrogen) atoms. The van der Waals surface area contributed by atoms with Crippen molar-refractivity contribution in [2.75, 3.05) is 0 Å². The summed E-state index contributed by atoms with van der Waals surface area (Å²) >= 11 is 0. The van der Waals surface area contributed by atoms with E-state index in [0.29, 0.717) is 18.1 Å². The van der Waals surface area contributed by atoms with Crippen molar-refractivity contribution < 1.29 is 15.3 Å². The maximum absolute atomic E-state index is 9.34. The fraction of sp³-hybridized carbons (Fsp3) is 0.333. The molecule has 0 fully saturated rings. The SMILES string of the molecule is CC(C)c1ccc(O)cc1.CCC(O)c1ccc(O)cc1. The Morgan fingerprint density at radius 1 is 0.762 bits per heavy atom. The van der Waals surface area contributed by atoms with E-state index in [9.17, 15) is 5.11 Å². The second-order valence-corrected chi connectivity index (χ2v) is 5.26. The minimum absolute atomic E-state index is 0.233. The largest absolute Gasteiger partial charge is 0.508 e. The van der Waals surface area contributed by atoms with Crippen LogP contribution in [-0.2, 0) is 0 Å². The molecule has 0 aromatic heterocycles. The monoisotopic (exact) mass is 288 g/mol. The summed E-state index contributed by atoms with van der Waals surface area (Å²) in [6.07, 6.45) is 0.292. The van der Waals surface area contributed by atoms with E-state index in [0.717, 1.165) is 5.56 Å². The Bertz CT molecular complexity index is 515.